The van der Waals surface area contributed by atoms with Crippen LogP contribution in [0, 0.1) is 13.8 Å². The third-order valence-electron chi connectivity index (χ3n) is 6.14. The summed E-state index contributed by atoms with van der Waals surface area (Å²) in [7, 11) is 1.90. The fourth-order valence-electron chi connectivity index (χ4n) is 4.40. The van der Waals surface area contributed by atoms with Crippen LogP contribution in [0.4, 0.5) is 5.69 Å². The standard InChI is InChI=1S/C25H31N5O/c1-19-24(20(2)28(3)27-19)26-23(31)18-29-14-16-30(17-15-29)25(21-10-6-4-7-11-21)22-12-8-5-9-13-22/h4-13,25H,14-18H2,1-3H3,(H,26,31). The molecule has 1 saturated heterocycles. The molecule has 0 atom stereocenters. The Kier molecular flexibility index (Phi) is 6.49. The van der Waals surface area contributed by atoms with Gasteiger partial charge in [-0.15, -0.1) is 0 Å². The van der Waals surface area contributed by atoms with E-state index in [1.165, 1.54) is 11.1 Å². The number of piperazine rings is 1. The van der Waals surface area contributed by atoms with Gasteiger partial charge in [0.05, 0.1) is 29.7 Å². The second-order valence-corrected chi connectivity index (χ2v) is 8.25. The van der Waals surface area contributed by atoms with Crippen molar-refractivity contribution in [2.24, 2.45) is 7.05 Å². The van der Waals surface area contributed by atoms with Crippen LogP contribution in [0.15, 0.2) is 60.7 Å². The fourth-order valence-corrected chi connectivity index (χ4v) is 4.40. The van der Waals surface area contributed by atoms with Crippen LogP contribution in [0.25, 0.3) is 0 Å². The maximum absolute atomic E-state index is 12.6. The van der Waals surface area contributed by atoms with Crippen molar-refractivity contribution in [1.29, 1.82) is 0 Å². The van der Waals surface area contributed by atoms with Crippen LogP contribution in [-0.2, 0) is 11.8 Å². The molecule has 0 aliphatic carbocycles. The number of nitrogens with zero attached hydrogens (tertiary/aromatic N) is 4. The Morgan fingerprint density at radius 3 is 1.97 bits per heavy atom. The largest absolute Gasteiger partial charge is 0.322 e. The maximum Gasteiger partial charge on any atom is 0.238 e. The third kappa shape index (κ3) is 4.86. The summed E-state index contributed by atoms with van der Waals surface area (Å²) in [6, 6.07) is 21.6. The van der Waals surface area contributed by atoms with Crippen LogP contribution in [0.3, 0.4) is 0 Å². The summed E-state index contributed by atoms with van der Waals surface area (Å²) in [5.41, 5.74) is 5.28. The van der Waals surface area contributed by atoms with Crippen molar-refractivity contribution >= 4 is 11.6 Å². The summed E-state index contributed by atoms with van der Waals surface area (Å²) in [6.07, 6.45) is 0. The SMILES string of the molecule is Cc1nn(C)c(C)c1NC(=O)CN1CCN(C(c2ccccc2)c2ccccc2)CC1. The molecule has 0 bridgehead atoms. The van der Waals surface area contributed by atoms with Crippen molar-refractivity contribution < 1.29 is 4.79 Å². The van der Waals surface area contributed by atoms with E-state index in [1.807, 2.05) is 20.9 Å². The minimum absolute atomic E-state index is 0.0234. The van der Waals surface area contributed by atoms with Gasteiger partial charge >= 0.3 is 0 Å². The first-order valence-corrected chi connectivity index (χ1v) is 10.9. The van der Waals surface area contributed by atoms with E-state index >= 15 is 0 Å². The Bertz CT molecular complexity index is 968. The Labute approximate surface area is 184 Å². The lowest BCUT2D eigenvalue weighted by Crippen LogP contribution is -2.49. The number of carbonyl (C=O) groups is 1. The van der Waals surface area contributed by atoms with Crippen LogP contribution in [0.1, 0.15) is 28.6 Å². The van der Waals surface area contributed by atoms with Crippen LogP contribution >= 0.6 is 0 Å². The molecule has 3 aromatic rings. The predicted molar refractivity (Wildman–Crippen MR) is 124 cm³/mol. The predicted octanol–water partition coefficient (Wildman–Crippen LogP) is 3.38. The molecular formula is C25H31N5O. The molecule has 1 aromatic heterocycles. The average molecular weight is 418 g/mol. The topological polar surface area (TPSA) is 53.4 Å². The average Bonchev–Trinajstić information content (AvgIpc) is 3.02. The zero-order valence-corrected chi connectivity index (χ0v) is 18.6. The van der Waals surface area contributed by atoms with E-state index in [1.54, 1.807) is 4.68 Å². The van der Waals surface area contributed by atoms with E-state index in [0.29, 0.717) is 6.54 Å². The van der Waals surface area contributed by atoms with Crippen molar-refractivity contribution in [3.8, 4) is 0 Å². The van der Waals surface area contributed by atoms with Gasteiger partial charge in [0.25, 0.3) is 0 Å². The zero-order valence-electron chi connectivity index (χ0n) is 18.6. The number of carbonyl (C=O) groups excluding carboxylic acids is 1. The third-order valence-corrected chi connectivity index (χ3v) is 6.14. The molecule has 4 rings (SSSR count). The number of anilines is 1. The number of nitrogens with one attached hydrogen (secondary N) is 1. The van der Waals surface area contributed by atoms with E-state index in [9.17, 15) is 4.79 Å². The molecule has 31 heavy (non-hydrogen) atoms. The van der Waals surface area contributed by atoms with Crippen LogP contribution in [-0.4, -0.2) is 58.2 Å². The number of amides is 1. The lowest BCUT2D eigenvalue weighted by molar-refractivity contribution is -0.117. The summed E-state index contributed by atoms with van der Waals surface area (Å²) in [5.74, 6) is 0.0234. The maximum atomic E-state index is 12.6. The molecule has 2 heterocycles. The summed E-state index contributed by atoms with van der Waals surface area (Å²) in [4.78, 5) is 17.4. The lowest BCUT2D eigenvalue weighted by atomic mass is 9.96. The van der Waals surface area contributed by atoms with Gasteiger partial charge < -0.3 is 5.32 Å². The van der Waals surface area contributed by atoms with Gasteiger partial charge in [0.2, 0.25) is 5.91 Å². The number of aryl methyl sites for hydroxylation is 2. The fraction of sp³-hybridized carbons (Fsp3) is 0.360. The van der Waals surface area contributed by atoms with E-state index in [2.05, 4.69) is 80.9 Å². The minimum atomic E-state index is 0.0234. The van der Waals surface area contributed by atoms with E-state index in [0.717, 1.165) is 43.3 Å². The molecule has 0 saturated carbocycles. The molecule has 0 radical (unpaired) electrons. The molecule has 6 heteroatoms. The molecule has 1 N–H and O–H groups in total. The molecule has 1 fully saturated rings. The number of hydrogen-bond donors (Lipinski definition) is 1. The molecule has 162 valence electrons. The van der Waals surface area contributed by atoms with Crippen LogP contribution < -0.4 is 5.32 Å². The van der Waals surface area contributed by atoms with Gasteiger partial charge in [0.1, 0.15) is 0 Å². The Morgan fingerprint density at radius 2 is 1.48 bits per heavy atom. The zero-order chi connectivity index (χ0) is 21.8. The number of aromatic nitrogens is 2. The summed E-state index contributed by atoms with van der Waals surface area (Å²) in [5, 5.41) is 7.43. The normalized spacial score (nSPS) is 15.4. The monoisotopic (exact) mass is 417 g/mol. The van der Waals surface area contributed by atoms with Gasteiger partial charge in [-0.25, -0.2) is 0 Å². The van der Waals surface area contributed by atoms with Gasteiger partial charge in [-0.3, -0.25) is 19.3 Å². The highest BCUT2D eigenvalue weighted by Crippen LogP contribution is 2.29. The minimum Gasteiger partial charge on any atom is -0.322 e. The van der Waals surface area contributed by atoms with Gasteiger partial charge in [-0.05, 0) is 25.0 Å². The number of rotatable bonds is 6. The summed E-state index contributed by atoms with van der Waals surface area (Å²) >= 11 is 0. The van der Waals surface area contributed by atoms with E-state index in [4.69, 9.17) is 0 Å². The highest BCUT2D eigenvalue weighted by molar-refractivity contribution is 5.93. The Hall–Kier alpha value is -2.96. The second-order valence-electron chi connectivity index (χ2n) is 8.25. The first-order valence-electron chi connectivity index (χ1n) is 10.9. The second kappa shape index (κ2) is 9.45. The highest BCUT2D eigenvalue weighted by atomic mass is 16.2. The van der Waals surface area contributed by atoms with Crippen molar-refractivity contribution in [2.45, 2.75) is 19.9 Å². The van der Waals surface area contributed by atoms with E-state index in [-0.39, 0.29) is 11.9 Å². The van der Waals surface area contributed by atoms with Crippen molar-refractivity contribution in [1.82, 2.24) is 19.6 Å². The quantitative estimate of drug-likeness (QED) is 0.668. The van der Waals surface area contributed by atoms with Gasteiger partial charge in [-0.2, -0.15) is 5.10 Å². The first kappa shape index (κ1) is 21.3. The molecule has 2 aromatic carbocycles. The lowest BCUT2D eigenvalue weighted by Gasteiger charge is -2.39. The van der Waals surface area contributed by atoms with Gasteiger partial charge in [0, 0.05) is 33.2 Å². The van der Waals surface area contributed by atoms with Crippen molar-refractivity contribution in [2.75, 3.05) is 38.0 Å². The highest BCUT2D eigenvalue weighted by Gasteiger charge is 2.27. The molecule has 1 aliphatic rings. The Morgan fingerprint density at radius 1 is 0.935 bits per heavy atom. The number of benzene rings is 2. The van der Waals surface area contributed by atoms with Crippen LogP contribution in [0.2, 0.25) is 0 Å². The molecule has 1 aliphatic heterocycles. The molecule has 6 nitrogen and oxygen atoms in total. The van der Waals surface area contributed by atoms with Crippen LogP contribution in [0.5, 0.6) is 0 Å². The van der Waals surface area contributed by atoms with Crippen molar-refractivity contribution in [3.63, 3.8) is 0 Å². The van der Waals surface area contributed by atoms with Crippen molar-refractivity contribution in [3.05, 3.63) is 83.2 Å². The van der Waals surface area contributed by atoms with E-state index < -0.39 is 0 Å². The summed E-state index contributed by atoms with van der Waals surface area (Å²) < 4.78 is 1.80. The van der Waals surface area contributed by atoms with Gasteiger partial charge in [0.15, 0.2) is 0 Å². The number of hydrogen-bond acceptors (Lipinski definition) is 4. The molecule has 0 unspecified atom stereocenters. The van der Waals surface area contributed by atoms with Gasteiger partial charge in [-0.1, -0.05) is 60.7 Å². The molecule has 1 amide bonds. The Balaban J connectivity index is 1.39. The smallest absolute Gasteiger partial charge is 0.238 e. The molecule has 0 spiro atoms. The molecular weight excluding hydrogens is 386 g/mol. The first-order chi connectivity index (χ1) is 15.0. The summed E-state index contributed by atoms with van der Waals surface area (Å²) in [6.45, 7) is 7.89.